The maximum atomic E-state index is 6.50. The zero-order chi connectivity index (χ0) is 40.1. The molecule has 0 bridgehead atoms. The summed E-state index contributed by atoms with van der Waals surface area (Å²) in [5, 5.41) is 7.32. The zero-order valence-electron chi connectivity index (χ0n) is 33.6. The molecule has 13 aromatic rings. The Morgan fingerprint density at radius 2 is 0.934 bits per heavy atom. The van der Waals surface area contributed by atoms with Crippen LogP contribution < -0.4 is 4.90 Å². The highest BCUT2D eigenvalue weighted by Crippen LogP contribution is 2.50. The van der Waals surface area contributed by atoms with Crippen LogP contribution in [0.4, 0.5) is 17.1 Å². The fourth-order valence-electron chi connectivity index (χ4n) is 11.0. The molecule has 0 saturated heterocycles. The largest absolute Gasteiger partial charge is 0.456 e. The highest BCUT2D eigenvalue weighted by molar-refractivity contribution is 6.25. The molecule has 14 rings (SSSR count). The van der Waals surface area contributed by atoms with Crippen LogP contribution in [0, 0.1) is 0 Å². The Morgan fingerprint density at radius 1 is 0.377 bits per heavy atom. The minimum atomic E-state index is -0.0593. The summed E-state index contributed by atoms with van der Waals surface area (Å²) in [4.78, 5) is 2.38. The Labute approximate surface area is 351 Å². The van der Waals surface area contributed by atoms with Crippen molar-refractivity contribution < 1.29 is 4.42 Å². The van der Waals surface area contributed by atoms with Gasteiger partial charge in [-0.15, -0.1) is 0 Å². The SMILES string of the molecule is CC1(C)c2ccccc2-c2ccc(-c3ccc(N(c4ccc5c(c4)oc4ccccc45)c4ccc5c(c4)n4c6ccccc6c6ccc7c8ccccc8n5c7c64)cc3)cc21. The van der Waals surface area contributed by atoms with E-state index in [0.29, 0.717) is 0 Å². The fraction of sp³-hybridized carbons (Fsp3) is 0.0526. The second-order valence-electron chi connectivity index (χ2n) is 17.3. The first-order valence-corrected chi connectivity index (χ1v) is 21.2. The molecule has 4 nitrogen and oxygen atoms in total. The first-order chi connectivity index (χ1) is 30.0. The van der Waals surface area contributed by atoms with Gasteiger partial charge in [-0.1, -0.05) is 129 Å². The van der Waals surface area contributed by atoms with Crippen molar-refractivity contribution in [3.8, 4) is 22.3 Å². The van der Waals surface area contributed by atoms with Crippen LogP contribution in [-0.2, 0) is 5.41 Å². The van der Waals surface area contributed by atoms with Crippen LogP contribution in [0.25, 0.3) is 98.8 Å². The van der Waals surface area contributed by atoms with E-state index in [-0.39, 0.29) is 5.41 Å². The van der Waals surface area contributed by atoms with Crippen molar-refractivity contribution in [2.24, 2.45) is 0 Å². The zero-order valence-corrected chi connectivity index (χ0v) is 33.6. The van der Waals surface area contributed by atoms with E-state index in [1.54, 1.807) is 0 Å². The van der Waals surface area contributed by atoms with Crippen LogP contribution in [-0.4, -0.2) is 8.80 Å². The molecule has 0 atom stereocenters. The van der Waals surface area contributed by atoms with E-state index < -0.39 is 0 Å². The van der Waals surface area contributed by atoms with Gasteiger partial charge in [0.25, 0.3) is 0 Å². The smallest absolute Gasteiger partial charge is 0.137 e. The van der Waals surface area contributed by atoms with Gasteiger partial charge < -0.3 is 18.1 Å². The van der Waals surface area contributed by atoms with Gasteiger partial charge >= 0.3 is 0 Å². The Hall–Kier alpha value is -7.82. The number of furan rings is 1. The number of hydrogen-bond donors (Lipinski definition) is 0. The summed E-state index contributed by atoms with van der Waals surface area (Å²) in [6, 6.07) is 69.2. The lowest BCUT2D eigenvalue weighted by Crippen LogP contribution is -2.14. The molecule has 0 amide bonds. The monoisotopic (exact) mass is 779 g/mol. The maximum Gasteiger partial charge on any atom is 0.137 e. The first kappa shape index (κ1) is 33.1. The van der Waals surface area contributed by atoms with Crippen LogP contribution in [0.5, 0.6) is 0 Å². The second kappa shape index (κ2) is 11.7. The number of benzene rings is 9. The Morgan fingerprint density at radius 3 is 1.70 bits per heavy atom. The van der Waals surface area contributed by atoms with Crippen molar-refractivity contribution in [2.75, 3.05) is 4.90 Å². The number of nitrogens with zero attached hydrogens (tertiary/aromatic N) is 3. The predicted molar refractivity (Wildman–Crippen MR) is 255 cm³/mol. The van der Waals surface area contributed by atoms with Gasteiger partial charge in [-0.2, -0.15) is 0 Å². The molecule has 9 aromatic carbocycles. The molecule has 0 saturated carbocycles. The van der Waals surface area contributed by atoms with Gasteiger partial charge in [0.05, 0.1) is 33.1 Å². The Kier molecular flexibility index (Phi) is 6.33. The molecule has 286 valence electrons. The molecule has 0 aliphatic heterocycles. The molecule has 0 spiro atoms. The van der Waals surface area contributed by atoms with Crippen molar-refractivity contribution in [3.63, 3.8) is 0 Å². The van der Waals surface area contributed by atoms with Gasteiger partial charge in [0, 0.05) is 60.9 Å². The number of anilines is 3. The normalized spacial score (nSPS) is 13.5. The van der Waals surface area contributed by atoms with Gasteiger partial charge in [0.2, 0.25) is 0 Å². The van der Waals surface area contributed by atoms with Gasteiger partial charge in [-0.25, -0.2) is 0 Å². The second-order valence-corrected chi connectivity index (χ2v) is 17.3. The molecule has 0 fully saturated rings. The van der Waals surface area contributed by atoms with E-state index in [9.17, 15) is 0 Å². The van der Waals surface area contributed by atoms with E-state index in [0.717, 1.165) is 44.5 Å². The van der Waals surface area contributed by atoms with Gasteiger partial charge in [0.15, 0.2) is 0 Å². The van der Waals surface area contributed by atoms with Crippen molar-refractivity contribution in [3.05, 3.63) is 199 Å². The highest BCUT2D eigenvalue weighted by Gasteiger charge is 2.35. The lowest BCUT2D eigenvalue weighted by molar-refractivity contribution is 0.660. The minimum absolute atomic E-state index is 0.0593. The highest BCUT2D eigenvalue weighted by atomic mass is 16.3. The average molecular weight is 780 g/mol. The summed E-state index contributed by atoms with van der Waals surface area (Å²) < 4.78 is 11.5. The molecule has 1 aliphatic carbocycles. The van der Waals surface area contributed by atoms with Crippen LogP contribution in [0.15, 0.2) is 192 Å². The Balaban J connectivity index is 0.996. The van der Waals surface area contributed by atoms with Gasteiger partial charge in [-0.05, 0) is 100 Å². The Bertz CT molecular complexity index is 3970. The van der Waals surface area contributed by atoms with Crippen LogP contribution in [0.3, 0.4) is 0 Å². The maximum absolute atomic E-state index is 6.50. The van der Waals surface area contributed by atoms with Crippen molar-refractivity contribution in [2.45, 2.75) is 19.3 Å². The van der Waals surface area contributed by atoms with Crippen molar-refractivity contribution in [1.82, 2.24) is 8.80 Å². The van der Waals surface area contributed by atoms with Crippen LogP contribution >= 0.6 is 0 Å². The summed E-state index contributed by atoms with van der Waals surface area (Å²) in [6.45, 7) is 4.70. The first-order valence-electron chi connectivity index (χ1n) is 21.2. The lowest BCUT2D eigenvalue weighted by Gasteiger charge is -2.26. The molecule has 0 N–H and O–H groups in total. The third-order valence-corrected chi connectivity index (χ3v) is 13.8. The third kappa shape index (κ3) is 4.33. The molecular weight excluding hydrogens is 743 g/mol. The number of aromatic nitrogens is 2. The van der Waals surface area contributed by atoms with E-state index >= 15 is 0 Å². The standard InChI is InChI=1S/C57H37N3O/c1-57(2)47-15-7-3-11-39(47)40-26-21-35(31-48(40)57)34-19-22-36(23-20-34)58(38-24-27-44-43-14-6-10-18-53(43)61-54(44)33-38)37-25-30-51-52(32-37)60-50-17-9-5-13-42(50)46-29-28-45-41-12-4-8-16-49(41)59(51)55(45)56(46)60/h3-33H,1-2H3. The van der Waals surface area contributed by atoms with Crippen LogP contribution in [0.2, 0.25) is 0 Å². The summed E-state index contributed by atoms with van der Waals surface area (Å²) in [5.74, 6) is 0. The van der Waals surface area contributed by atoms with E-state index in [4.69, 9.17) is 4.42 Å². The molecule has 4 heteroatoms. The summed E-state index contributed by atoms with van der Waals surface area (Å²) in [7, 11) is 0. The van der Waals surface area contributed by atoms with Crippen LogP contribution in [0.1, 0.15) is 25.0 Å². The number of fused-ring (bicyclic) bond motifs is 15. The number of para-hydroxylation sites is 3. The third-order valence-electron chi connectivity index (χ3n) is 13.8. The molecule has 4 aromatic heterocycles. The summed E-state index contributed by atoms with van der Waals surface area (Å²) in [5.41, 5.74) is 20.0. The van der Waals surface area contributed by atoms with E-state index in [1.165, 1.54) is 82.5 Å². The van der Waals surface area contributed by atoms with Crippen molar-refractivity contribution >= 4 is 93.6 Å². The van der Waals surface area contributed by atoms with E-state index in [1.807, 2.05) is 6.07 Å². The topological polar surface area (TPSA) is 25.2 Å². The quantitative estimate of drug-likeness (QED) is 0.166. The number of rotatable bonds is 4. The fourth-order valence-corrected chi connectivity index (χ4v) is 11.0. The van der Waals surface area contributed by atoms with Gasteiger partial charge in [0.1, 0.15) is 11.2 Å². The molecule has 0 unspecified atom stereocenters. The molecular formula is C57H37N3O. The molecule has 61 heavy (non-hydrogen) atoms. The van der Waals surface area contributed by atoms with Gasteiger partial charge in [-0.3, -0.25) is 0 Å². The molecule has 4 heterocycles. The lowest BCUT2D eigenvalue weighted by atomic mass is 9.81. The van der Waals surface area contributed by atoms with Crippen molar-refractivity contribution in [1.29, 1.82) is 0 Å². The summed E-state index contributed by atoms with van der Waals surface area (Å²) in [6.07, 6.45) is 0. The number of hydrogen-bond acceptors (Lipinski definition) is 2. The minimum Gasteiger partial charge on any atom is -0.456 e. The summed E-state index contributed by atoms with van der Waals surface area (Å²) >= 11 is 0. The molecule has 0 radical (unpaired) electrons. The average Bonchev–Trinajstić information content (AvgIpc) is 4.02. The van der Waals surface area contributed by atoms with E-state index in [2.05, 4.69) is 210 Å². The molecule has 1 aliphatic rings. The predicted octanol–water partition coefficient (Wildman–Crippen LogP) is 15.6.